The fourth-order valence-electron chi connectivity index (χ4n) is 3.15. The Bertz CT molecular complexity index is 433. The zero-order valence-corrected chi connectivity index (χ0v) is 9.18. The molecular formula is C14H16O. The molecule has 1 aromatic rings. The SMILES string of the molecule is Cc1ccc2c(c1)[C@]1(CCC2)CCC1=O. The lowest BCUT2D eigenvalue weighted by Crippen LogP contribution is -2.47. The van der Waals surface area contributed by atoms with Crippen LogP contribution < -0.4 is 0 Å². The van der Waals surface area contributed by atoms with Crippen molar-refractivity contribution in [1.29, 1.82) is 0 Å². The highest BCUT2D eigenvalue weighted by Gasteiger charge is 2.49. The number of aryl methyl sites for hydroxylation is 2. The van der Waals surface area contributed by atoms with Crippen LogP contribution in [0.15, 0.2) is 18.2 Å². The summed E-state index contributed by atoms with van der Waals surface area (Å²) in [5.41, 5.74) is 4.00. The maximum atomic E-state index is 11.9. The minimum Gasteiger partial charge on any atom is -0.299 e. The van der Waals surface area contributed by atoms with Crippen LogP contribution in [-0.2, 0) is 16.6 Å². The Morgan fingerprint density at radius 3 is 2.73 bits per heavy atom. The summed E-state index contributed by atoms with van der Waals surface area (Å²) in [5.74, 6) is 0.481. The van der Waals surface area contributed by atoms with Crippen molar-refractivity contribution < 1.29 is 4.79 Å². The van der Waals surface area contributed by atoms with Crippen LogP contribution in [-0.4, -0.2) is 5.78 Å². The minimum atomic E-state index is -0.0559. The molecule has 1 heteroatoms. The van der Waals surface area contributed by atoms with Gasteiger partial charge in [0.25, 0.3) is 0 Å². The van der Waals surface area contributed by atoms with Gasteiger partial charge in [0.15, 0.2) is 0 Å². The molecule has 0 unspecified atom stereocenters. The largest absolute Gasteiger partial charge is 0.299 e. The number of fused-ring (bicyclic) bond motifs is 2. The van der Waals surface area contributed by atoms with Gasteiger partial charge in [0, 0.05) is 6.42 Å². The van der Waals surface area contributed by atoms with Gasteiger partial charge in [-0.1, -0.05) is 23.8 Å². The lowest BCUT2D eigenvalue weighted by molar-refractivity contribution is -0.132. The molecule has 0 N–H and O–H groups in total. The lowest BCUT2D eigenvalue weighted by atomic mass is 9.57. The summed E-state index contributed by atoms with van der Waals surface area (Å²) in [5, 5.41) is 0. The molecule has 1 atom stereocenters. The first kappa shape index (κ1) is 9.14. The normalized spacial score (nSPS) is 28.7. The zero-order valence-electron chi connectivity index (χ0n) is 9.18. The monoisotopic (exact) mass is 200 g/mol. The predicted octanol–water partition coefficient (Wildman–Crippen LogP) is 2.93. The molecule has 2 aliphatic carbocycles. The second kappa shape index (κ2) is 2.94. The molecule has 3 rings (SSSR count). The number of benzene rings is 1. The van der Waals surface area contributed by atoms with Crippen molar-refractivity contribution in [2.24, 2.45) is 0 Å². The fourth-order valence-corrected chi connectivity index (χ4v) is 3.15. The predicted molar refractivity (Wildman–Crippen MR) is 60.0 cm³/mol. The quantitative estimate of drug-likeness (QED) is 0.629. The minimum absolute atomic E-state index is 0.0559. The van der Waals surface area contributed by atoms with E-state index in [1.807, 2.05) is 0 Å². The molecule has 1 fully saturated rings. The van der Waals surface area contributed by atoms with Crippen molar-refractivity contribution in [1.82, 2.24) is 0 Å². The third-order valence-corrected chi connectivity index (χ3v) is 4.14. The summed E-state index contributed by atoms with van der Waals surface area (Å²) in [6, 6.07) is 6.63. The second-order valence-electron chi connectivity index (χ2n) is 5.02. The van der Waals surface area contributed by atoms with E-state index in [1.165, 1.54) is 23.1 Å². The summed E-state index contributed by atoms with van der Waals surface area (Å²) in [6.45, 7) is 2.12. The Morgan fingerprint density at radius 1 is 1.20 bits per heavy atom. The van der Waals surface area contributed by atoms with E-state index in [2.05, 4.69) is 25.1 Å². The third-order valence-electron chi connectivity index (χ3n) is 4.14. The number of rotatable bonds is 0. The van der Waals surface area contributed by atoms with Crippen molar-refractivity contribution in [3.63, 3.8) is 0 Å². The highest BCUT2D eigenvalue weighted by molar-refractivity contribution is 5.96. The molecule has 0 heterocycles. The van der Waals surface area contributed by atoms with Gasteiger partial charge in [-0.05, 0) is 43.7 Å². The molecule has 1 spiro atoms. The van der Waals surface area contributed by atoms with Crippen molar-refractivity contribution in [2.75, 3.05) is 0 Å². The number of hydrogen-bond acceptors (Lipinski definition) is 1. The molecule has 1 aromatic carbocycles. The van der Waals surface area contributed by atoms with Crippen molar-refractivity contribution in [3.05, 3.63) is 34.9 Å². The Hall–Kier alpha value is -1.11. The van der Waals surface area contributed by atoms with Crippen LogP contribution in [0, 0.1) is 6.92 Å². The van der Waals surface area contributed by atoms with Gasteiger partial charge in [0.05, 0.1) is 5.41 Å². The van der Waals surface area contributed by atoms with Crippen LogP contribution in [0.25, 0.3) is 0 Å². The van der Waals surface area contributed by atoms with E-state index in [1.54, 1.807) is 0 Å². The third kappa shape index (κ3) is 1.12. The molecule has 0 saturated heterocycles. The number of carbonyl (C=O) groups is 1. The van der Waals surface area contributed by atoms with Gasteiger partial charge in [0.1, 0.15) is 5.78 Å². The number of ketones is 1. The molecule has 0 aliphatic heterocycles. The van der Waals surface area contributed by atoms with Crippen LogP contribution >= 0.6 is 0 Å². The molecule has 0 amide bonds. The Labute approximate surface area is 90.5 Å². The van der Waals surface area contributed by atoms with Gasteiger partial charge >= 0.3 is 0 Å². The molecule has 2 aliphatic rings. The molecule has 1 nitrogen and oxygen atoms in total. The van der Waals surface area contributed by atoms with Crippen LogP contribution in [0.2, 0.25) is 0 Å². The Balaban J connectivity index is 2.17. The van der Waals surface area contributed by atoms with Gasteiger partial charge in [0.2, 0.25) is 0 Å². The maximum Gasteiger partial charge on any atom is 0.143 e. The Morgan fingerprint density at radius 2 is 2.07 bits per heavy atom. The highest BCUT2D eigenvalue weighted by Crippen LogP contribution is 2.48. The van der Waals surface area contributed by atoms with E-state index in [9.17, 15) is 4.79 Å². The van der Waals surface area contributed by atoms with E-state index in [4.69, 9.17) is 0 Å². The molecular weight excluding hydrogens is 184 g/mol. The topological polar surface area (TPSA) is 17.1 Å². The lowest BCUT2D eigenvalue weighted by Gasteiger charge is -2.44. The van der Waals surface area contributed by atoms with Gasteiger partial charge in [-0.25, -0.2) is 0 Å². The summed E-state index contributed by atoms with van der Waals surface area (Å²) in [7, 11) is 0. The molecule has 0 aromatic heterocycles. The van der Waals surface area contributed by atoms with E-state index in [0.717, 1.165) is 25.7 Å². The Kier molecular flexibility index (Phi) is 1.79. The first-order valence-electron chi connectivity index (χ1n) is 5.86. The second-order valence-corrected chi connectivity index (χ2v) is 5.02. The molecule has 1 saturated carbocycles. The number of Topliss-reactive ketones (excluding diaryl/α,β-unsaturated/α-hetero) is 1. The highest BCUT2D eigenvalue weighted by atomic mass is 16.1. The molecule has 78 valence electrons. The van der Waals surface area contributed by atoms with Gasteiger partial charge in [-0.3, -0.25) is 4.79 Å². The van der Waals surface area contributed by atoms with Crippen molar-refractivity contribution >= 4 is 5.78 Å². The summed E-state index contributed by atoms with van der Waals surface area (Å²) in [4.78, 5) is 11.9. The molecule has 0 radical (unpaired) electrons. The standard InChI is InChI=1S/C14H16O/c1-10-4-5-11-3-2-7-14(12(11)9-10)8-6-13(14)15/h4-5,9H,2-3,6-8H2,1H3/t14-/m0/s1. The summed E-state index contributed by atoms with van der Waals surface area (Å²) < 4.78 is 0. The summed E-state index contributed by atoms with van der Waals surface area (Å²) >= 11 is 0. The zero-order chi connectivity index (χ0) is 10.5. The number of hydrogen-bond donors (Lipinski definition) is 0. The van der Waals surface area contributed by atoms with Crippen molar-refractivity contribution in [3.8, 4) is 0 Å². The maximum absolute atomic E-state index is 11.9. The fraction of sp³-hybridized carbons (Fsp3) is 0.500. The van der Waals surface area contributed by atoms with Crippen LogP contribution in [0.1, 0.15) is 42.4 Å². The van der Waals surface area contributed by atoms with Crippen molar-refractivity contribution in [2.45, 2.75) is 44.4 Å². The van der Waals surface area contributed by atoms with Crippen LogP contribution in [0.5, 0.6) is 0 Å². The van der Waals surface area contributed by atoms with E-state index >= 15 is 0 Å². The van der Waals surface area contributed by atoms with E-state index in [-0.39, 0.29) is 5.41 Å². The van der Waals surface area contributed by atoms with Gasteiger partial charge in [-0.2, -0.15) is 0 Å². The van der Waals surface area contributed by atoms with E-state index in [0.29, 0.717) is 5.78 Å². The smallest absolute Gasteiger partial charge is 0.143 e. The van der Waals surface area contributed by atoms with Gasteiger partial charge < -0.3 is 0 Å². The van der Waals surface area contributed by atoms with Gasteiger partial charge in [-0.15, -0.1) is 0 Å². The number of carbonyl (C=O) groups excluding carboxylic acids is 1. The van der Waals surface area contributed by atoms with E-state index < -0.39 is 0 Å². The molecule has 15 heavy (non-hydrogen) atoms. The van der Waals surface area contributed by atoms with Crippen LogP contribution in [0.4, 0.5) is 0 Å². The summed E-state index contributed by atoms with van der Waals surface area (Å²) in [6.07, 6.45) is 5.31. The molecule has 0 bridgehead atoms. The average Bonchev–Trinajstić information content (AvgIpc) is 2.26. The first-order valence-corrected chi connectivity index (χ1v) is 5.86. The average molecular weight is 200 g/mol. The first-order chi connectivity index (χ1) is 7.22. The van der Waals surface area contributed by atoms with Crippen LogP contribution in [0.3, 0.4) is 0 Å².